The normalized spacial score (nSPS) is 18.9. The van der Waals surface area contributed by atoms with Gasteiger partial charge in [-0.05, 0) is 62.2 Å². The van der Waals surface area contributed by atoms with Crippen LogP contribution in [0.5, 0.6) is 11.8 Å². The second-order valence-electron chi connectivity index (χ2n) is 9.48. The van der Waals surface area contributed by atoms with E-state index in [9.17, 15) is 14.9 Å². The van der Waals surface area contributed by atoms with Crippen LogP contribution in [0.25, 0.3) is 0 Å². The van der Waals surface area contributed by atoms with E-state index in [4.69, 9.17) is 14.2 Å². The second kappa shape index (κ2) is 9.29. The Hall–Kier alpha value is -3.30. The molecule has 0 radical (unpaired) electrons. The van der Waals surface area contributed by atoms with Gasteiger partial charge in [0.15, 0.2) is 0 Å². The third kappa shape index (κ3) is 5.74. The molecule has 4 rings (SSSR count). The van der Waals surface area contributed by atoms with Crippen molar-refractivity contribution in [2.24, 2.45) is 0 Å². The van der Waals surface area contributed by atoms with Crippen LogP contribution in [0.15, 0.2) is 30.5 Å². The van der Waals surface area contributed by atoms with Crippen molar-refractivity contribution in [3.8, 4) is 11.8 Å². The van der Waals surface area contributed by atoms with E-state index in [0.29, 0.717) is 38.6 Å². The number of aryl methyl sites for hydroxylation is 1. The van der Waals surface area contributed by atoms with E-state index < -0.39 is 10.5 Å². The molecule has 1 amide bonds. The molecule has 1 atom stereocenters. The number of hydrogen-bond acceptors (Lipinski definition) is 7. The number of carbonyl (C=O) groups is 1. The van der Waals surface area contributed by atoms with E-state index in [1.807, 2.05) is 32.9 Å². The number of ether oxygens (including phenoxy) is 3. The van der Waals surface area contributed by atoms with Gasteiger partial charge in [0.2, 0.25) is 0 Å². The highest BCUT2D eigenvalue weighted by Gasteiger charge is 2.29. The molecular formula is C23H30N4O6. The fraction of sp³-hybridized carbons (Fsp3) is 0.565. The van der Waals surface area contributed by atoms with Crippen molar-refractivity contribution in [2.75, 3.05) is 19.7 Å². The van der Waals surface area contributed by atoms with Crippen molar-refractivity contribution in [3.05, 3.63) is 46.1 Å². The van der Waals surface area contributed by atoms with Crippen molar-refractivity contribution in [3.63, 3.8) is 0 Å². The molecule has 1 saturated heterocycles. The number of nitrogens with zero attached hydrogens (tertiary/aromatic N) is 4. The molecular weight excluding hydrogens is 428 g/mol. The molecule has 0 aliphatic carbocycles. The number of piperidine rings is 1. The molecule has 33 heavy (non-hydrogen) atoms. The Kier molecular flexibility index (Phi) is 6.44. The zero-order valence-corrected chi connectivity index (χ0v) is 19.2. The number of imidazole rings is 1. The Morgan fingerprint density at radius 3 is 2.52 bits per heavy atom. The number of fused-ring (bicyclic) bond motifs is 1. The highest BCUT2D eigenvalue weighted by atomic mass is 16.6. The maximum atomic E-state index is 12.2. The summed E-state index contributed by atoms with van der Waals surface area (Å²) in [6.45, 7) is 7.95. The van der Waals surface area contributed by atoms with Crippen LogP contribution in [0, 0.1) is 10.1 Å². The fourth-order valence-electron chi connectivity index (χ4n) is 4.08. The van der Waals surface area contributed by atoms with Crippen LogP contribution < -0.4 is 9.47 Å². The Morgan fingerprint density at radius 2 is 1.88 bits per heavy atom. The molecule has 2 aliphatic heterocycles. The molecule has 0 saturated carbocycles. The lowest BCUT2D eigenvalue weighted by Gasteiger charge is -2.33. The molecule has 1 fully saturated rings. The number of benzene rings is 1. The summed E-state index contributed by atoms with van der Waals surface area (Å²) in [4.78, 5) is 28.3. The molecule has 10 nitrogen and oxygen atoms in total. The minimum atomic E-state index is -0.525. The largest absolute Gasteiger partial charge is 0.490 e. The van der Waals surface area contributed by atoms with Gasteiger partial charge in [-0.1, -0.05) is 12.1 Å². The van der Waals surface area contributed by atoms with E-state index in [-0.39, 0.29) is 24.0 Å². The highest BCUT2D eigenvalue weighted by Crippen LogP contribution is 2.30. The number of aromatic nitrogens is 2. The second-order valence-corrected chi connectivity index (χ2v) is 9.48. The lowest BCUT2D eigenvalue weighted by molar-refractivity contribution is -0.389. The van der Waals surface area contributed by atoms with Gasteiger partial charge in [-0.25, -0.2) is 4.79 Å². The number of amides is 1. The van der Waals surface area contributed by atoms with E-state index in [2.05, 4.69) is 17.1 Å². The van der Waals surface area contributed by atoms with Crippen LogP contribution in [0.4, 0.5) is 10.6 Å². The van der Waals surface area contributed by atoms with Crippen molar-refractivity contribution in [1.29, 1.82) is 0 Å². The first-order valence-corrected chi connectivity index (χ1v) is 11.3. The Morgan fingerprint density at radius 1 is 1.18 bits per heavy atom. The molecule has 1 aromatic heterocycles. The lowest BCUT2D eigenvalue weighted by Crippen LogP contribution is -2.41. The molecule has 0 bridgehead atoms. The van der Waals surface area contributed by atoms with Crippen LogP contribution in [0.2, 0.25) is 0 Å². The van der Waals surface area contributed by atoms with Gasteiger partial charge in [-0.2, -0.15) is 0 Å². The molecule has 10 heteroatoms. The van der Waals surface area contributed by atoms with Crippen molar-refractivity contribution < 1.29 is 23.9 Å². The number of likely N-dealkylation sites (tertiary alicyclic amines) is 1. The van der Waals surface area contributed by atoms with E-state index in [1.165, 1.54) is 11.8 Å². The SMILES string of the molecule is CC(C)(C)OC(=O)N1CCC(c2ccc(OCC3CCn4cc([N+](=O)[O-])nc4O3)cc2)CC1. The maximum Gasteiger partial charge on any atom is 0.414 e. The number of rotatable bonds is 5. The number of hydrogen-bond donors (Lipinski definition) is 0. The molecule has 0 N–H and O–H groups in total. The molecule has 1 aromatic carbocycles. The summed E-state index contributed by atoms with van der Waals surface area (Å²) in [5.74, 6) is 0.932. The Labute approximate surface area is 192 Å². The first kappa shape index (κ1) is 22.9. The van der Waals surface area contributed by atoms with Gasteiger partial charge in [-0.15, -0.1) is 0 Å². The minimum Gasteiger partial charge on any atom is -0.490 e. The van der Waals surface area contributed by atoms with Crippen LogP contribution in [-0.4, -0.2) is 56.9 Å². The summed E-state index contributed by atoms with van der Waals surface area (Å²) in [6, 6.07) is 8.30. The molecule has 0 spiro atoms. The maximum absolute atomic E-state index is 12.2. The third-order valence-electron chi connectivity index (χ3n) is 5.81. The fourth-order valence-corrected chi connectivity index (χ4v) is 4.08. The molecule has 3 heterocycles. The topological polar surface area (TPSA) is 109 Å². The zero-order valence-electron chi connectivity index (χ0n) is 19.2. The van der Waals surface area contributed by atoms with Crippen LogP contribution in [-0.2, 0) is 11.3 Å². The van der Waals surface area contributed by atoms with E-state index in [1.54, 1.807) is 9.47 Å². The van der Waals surface area contributed by atoms with Crippen LogP contribution in [0.3, 0.4) is 0 Å². The predicted molar refractivity (Wildman–Crippen MR) is 120 cm³/mol. The Bertz CT molecular complexity index is 989. The van der Waals surface area contributed by atoms with Gasteiger partial charge in [-0.3, -0.25) is 4.57 Å². The summed E-state index contributed by atoms with van der Waals surface area (Å²) in [6.07, 6.45) is 3.42. The van der Waals surface area contributed by atoms with Crippen molar-refractivity contribution in [1.82, 2.24) is 14.5 Å². The third-order valence-corrected chi connectivity index (χ3v) is 5.81. The standard InChI is InChI=1S/C23H30N4O6/c1-23(2,3)33-22(28)25-11-8-17(9-12-25)16-4-6-18(7-5-16)31-15-19-10-13-26-14-20(27(29)30)24-21(26)32-19/h4-7,14,17,19H,8-13,15H2,1-3H3. The predicted octanol–water partition coefficient (Wildman–Crippen LogP) is 4.14. The number of carbonyl (C=O) groups excluding carboxylic acids is 1. The van der Waals surface area contributed by atoms with Crippen LogP contribution >= 0.6 is 0 Å². The van der Waals surface area contributed by atoms with Gasteiger partial charge in [0.1, 0.15) is 30.3 Å². The van der Waals surface area contributed by atoms with E-state index >= 15 is 0 Å². The summed E-state index contributed by atoms with van der Waals surface area (Å²) < 4.78 is 18.7. The molecule has 1 unspecified atom stereocenters. The quantitative estimate of drug-likeness (QED) is 0.489. The summed E-state index contributed by atoms with van der Waals surface area (Å²) in [7, 11) is 0. The van der Waals surface area contributed by atoms with Gasteiger partial charge >= 0.3 is 17.9 Å². The average Bonchev–Trinajstić information content (AvgIpc) is 3.21. The zero-order chi connectivity index (χ0) is 23.6. The monoisotopic (exact) mass is 458 g/mol. The number of nitro groups is 1. The first-order chi connectivity index (χ1) is 15.7. The van der Waals surface area contributed by atoms with Gasteiger partial charge in [0, 0.05) is 31.0 Å². The summed E-state index contributed by atoms with van der Waals surface area (Å²) in [5.41, 5.74) is 0.750. The molecule has 178 valence electrons. The van der Waals surface area contributed by atoms with Crippen molar-refractivity contribution in [2.45, 2.75) is 64.2 Å². The molecule has 2 aromatic rings. The van der Waals surface area contributed by atoms with Gasteiger partial charge in [0.25, 0.3) is 0 Å². The highest BCUT2D eigenvalue weighted by molar-refractivity contribution is 5.68. The van der Waals surface area contributed by atoms with Crippen LogP contribution in [0.1, 0.15) is 51.5 Å². The van der Waals surface area contributed by atoms with Gasteiger partial charge < -0.3 is 29.2 Å². The minimum absolute atomic E-state index is 0.209. The summed E-state index contributed by atoms with van der Waals surface area (Å²) >= 11 is 0. The molecule has 2 aliphatic rings. The van der Waals surface area contributed by atoms with Gasteiger partial charge in [0.05, 0.1) is 0 Å². The Balaban J connectivity index is 1.25. The summed E-state index contributed by atoms with van der Waals surface area (Å²) in [5, 5.41) is 10.9. The van der Waals surface area contributed by atoms with Crippen molar-refractivity contribution >= 4 is 11.9 Å². The average molecular weight is 459 g/mol. The lowest BCUT2D eigenvalue weighted by atomic mass is 9.89. The smallest absolute Gasteiger partial charge is 0.414 e. The first-order valence-electron chi connectivity index (χ1n) is 11.3. The van der Waals surface area contributed by atoms with E-state index in [0.717, 1.165) is 18.6 Å².